The number of aromatic nitrogens is 4. The maximum atomic E-state index is 11.7. The van der Waals surface area contributed by atoms with Crippen molar-refractivity contribution in [2.24, 2.45) is 5.92 Å². The van der Waals surface area contributed by atoms with Crippen LogP contribution in [0.2, 0.25) is 10.0 Å². The largest absolute Gasteiger partial charge is 0.469 e. The minimum absolute atomic E-state index is 0.0448. The van der Waals surface area contributed by atoms with E-state index in [1.807, 2.05) is 18.2 Å². The van der Waals surface area contributed by atoms with E-state index in [2.05, 4.69) is 15.1 Å². The molecule has 0 atom stereocenters. The van der Waals surface area contributed by atoms with E-state index in [1.54, 1.807) is 16.6 Å². The first-order valence-corrected chi connectivity index (χ1v) is 9.33. The molecule has 1 aliphatic heterocycles. The van der Waals surface area contributed by atoms with Crippen molar-refractivity contribution in [1.82, 2.24) is 19.8 Å². The van der Waals surface area contributed by atoms with E-state index < -0.39 is 0 Å². The normalized spacial score (nSPS) is 15.3. The van der Waals surface area contributed by atoms with Crippen LogP contribution in [0.1, 0.15) is 12.8 Å². The second-order valence-electron chi connectivity index (χ2n) is 6.40. The van der Waals surface area contributed by atoms with Crippen molar-refractivity contribution in [1.29, 1.82) is 0 Å². The summed E-state index contributed by atoms with van der Waals surface area (Å²) in [5, 5.41) is 14.0. The zero-order valence-electron chi connectivity index (χ0n) is 14.6. The lowest BCUT2D eigenvalue weighted by Gasteiger charge is -2.31. The maximum Gasteiger partial charge on any atom is 0.308 e. The number of carbonyl (C=O) groups excluding carboxylic acids is 1. The molecule has 0 bridgehead atoms. The molecular weight excluding hydrogens is 389 g/mol. The van der Waals surface area contributed by atoms with Gasteiger partial charge in [-0.15, -0.1) is 15.3 Å². The third kappa shape index (κ3) is 3.44. The van der Waals surface area contributed by atoms with Crippen LogP contribution >= 0.6 is 23.2 Å². The summed E-state index contributed by atoms with van der Waals surface area (Å²) in [6.45, 7) is 1.48. The molecule has 0 unspecified atom stereocenters. The minimum Gasteiger partial charge on any atom is -0.469 e. The summed E-state index contributed by atoms with van der Waals surface area (Å²) in [4.78, 5) is 13.9. The molecule has 0 aliphatic carbocycles. The molecule has 0 saturated carbocycles. The Labute approximate surface area is 165 Å². The lowest BCUT2D eigenvalue weighted by atomic mass is 9.97. The molecule has 0 N–H and O–H groups in total. The standard InChI is InChI=1S/C18H17Cl2N5O2/c1-27-18(26)11-6-8-24(9-7-11)16-5-4-15-21-22-17(25(15)23-16)12-2-3-13(19)14(20)10-12/h2-5,10-11H,6-9H2,1H3. The van der Waals surface area contributed by atoms with E-state index in [0.29, 0.717) is 21.5 Å². The van der Waals surface area contributed by atoms with Crippen LogP contribution in [0.4, 0.5) is 5.82 Å². The van der Waals surface area contributed by atoms with Crippen LogP contribution in [0, 0.1) is 5.92 Å². The highest BCUT2D eigenvalue weighted by atomic mass is 35.5. The molecule has 1 fully saturated rings. The summed E-state index contributed by atoms with van der Waals surface area (Å²) >= 11 is 12.1. The van der Waals surface area contributed by atoms with E-state index in [9.17, 15) is 4.79 Å². The van der Waals surface area contributed by atoms with Gasteiger partial charge in [-0.3, -0.25) is 4.79 Å². The Balaban J connectivity index is 1.63. The van der Waals surface area contributed by atoms with Gasteiger partial charge in [-0.2, -0.15) is 4.52 Å². The summed E-state index contributed by atoms with van der Waals surface area (Å²) in [7, 11) is 1.43. The monoisotopic (exact) mass is 405 g/mol. The Morgan fingerprint density at radius 3 is 2.59 bits per heavy atom. The zero-order valence-corrected chi connectivity index (χ0v) is 16.1. The molecule has 0 amide bonds. The first-order chi connectivity index (χ1) is 13.1. The van der Waals surface area contributed by atoms with Crippen LogP contribution in [-0.2, 0) is 9.53 Å². The number of nitrogens with zero attached hydrogens (tertiary/aromatic N) is 5. The average molecular weight is 406 g/mol. The summed E-state index contributed by atoms with van der Waals surface area (Å²) < 4.78 is 6.54. The smallest absolute Gasteiger partial charge is 0.308 e. The predicted molar refractivity (Wildman–Crippen MR) is 103 cm³/mol. The first-order valence-electron chi connectivity index (χ1n) is 8.57. The fourth-order valence-electron chi connectivity index (χ4n) is 3.27. The molecule has 27 heavy (non-hydrogen) atoms. The van der Waals surface area contributed by atoms with E-state index in [4.69, 9.17) is 33.0 Å². The number of hydrogen-bond acceptors (Lipinski definition) is 6. The van der Waals surface area contributed by atoms with Gasteiger partial charge in [0.2, 0.25) is 0 Å². The fourth-order valence-corrected chi connectivity index (χ4v) is 3.57. The Morgan fingerprint density at radius 1 is 1.11 bits per heavy atom. The second kappa shape index (κ2) is 7.32. The molecule has 3 heterocycles. The molecule has 1 aromatic carbocycles. The van der Waals surface area contributed by atoms with Gasteiger partial charge < -0.3 is 9.64 Å². The molecule has 9 heteroatoms. The van der Waals surface area contributed by atoms with Gasteiger partial charge in [0.15, 0.2) is 11.5 Å². The number of fused-ring (bicyclic) bond motifs is 1. The number of anilines is 1. The lowest BCUT2D eigenvalue weighted by molar-refractivity contribution is -0.146. The topological polar surface area (TPSA) is 72.6 Å². The van der Waals surface area contributed by atoms with Gasteiger partial charge in [0.05, 0.1) is 23.1 Å². The molecular formula is C18H17Cl2N5O2. The van der Waals surface area contributed by atoms with Crippen molar-refractivity contribution in [2.75, 3.05) is 25.1 Å². The predicted octanol–water partition coefficient (Wildman–Crippen LogP) is 3.49. The molecule has 4 rings (SSSR count). The SMILES string of the molecule is COC(=O)C1CCN(c2ccc3nnc(-c4ccc(Cl)c(Cl)c4)n3n2)CC1. The minimum atomic E-state index is -0.140. The third-order valence-electron chi connectivity index (χ3n) is 4.78. The summed E-state index contributed by atoms with van der Waals surface area (Å²) in [5.74, 6) is 1.22. The van der Waals surface area contributed by atoms with Crippen LogP contribution < -0.4 is 4.90 Å². The van der Waals surface area contributed by atoms with Crippen LogP contribution in [-0.4, -0.2) is 46.0 Å². The Hall–Kier alpha value is -2.38. The zero-order chi connectivity index (χ0) is 19.0. The number of ether oxygens (including phenoxy) is 1. The maximum absolute atomic E-state index is 11.7. The van der Waals surface area contributed by atoms with Crippen molar-refractivity contribution < 1.29 is 9.53 Å². The number of halogens is 2. The van der Waals surface area contributed by atoms with Crippen molar-refractivity contribution in [3.05, 3.63) is 40.4 Å². The van der Waals surface area contributed by atoms with Crippen molar-refractivity contribution in [3.8, 4) is 11.4 Å². The molecule has 0 spiro atoms. The van der Waals surface area contributed by atoms with Gasteiger partial charge in [0.1, 0.15) is 5.82 Å². The Bertz CT molecular complexity index is 999. The molecule has 1 aliphatic rings. The van der Waals surface area contributed by atoms with E-state index in [0.717, 1.165) is 37.3 Å². The van der Waals surface area contributed by atoms with E-state index in [-0.39, 0.29) is 11.9 Å². The molecule has 2 aromatic heterocycles. The van der Waals surface area contributed by atoms with E-state index in [1.165, 1.54) is 7.11 Å². The average Bonchev–Trinajstić information content (AvgIpc) is 3.13. The summed E-state index contributed by atoms with van der Waals surface area (Å²) in [6, 6.07) is 9.10. The van der Waals surface area contributed by atoms with Gasteiger partial charge in [-0.1, -0.05) is 23.2 Å². The first kappa shape index (κ1) is 18.0. The van der Waals surface area contributed by atoms with Crippen LogP contribution in [0.25, 0.3) is 17.0 Å². The molecule has 140 valence electrons. The summed E-state index contributed by atoms with van der Waals surface area (Å²) in [5.41, 5.74) is 1.43. The third-order valence-corrected chi connectivity index (χ3v) is 5.52. The van der Waals surface area contributed by atoms with Gasteiger partial charge >= 0.3 is 5.97 Å². The second-order valence-corrected chi connectivity index (χ2v) is 7.21. The highest BCUT2D eigenvalue weighted by Crippen LogP contribution is 2.28. The van der Waals surface area contributed by atoms with Crippen LogP contribution in [0.3, 0.4) is 0 Å². The van der Waals surface area contributed by atoms with Crippen LogP contribution in [0.5, 0.6) is 0 Å². The number of methoxy groups -OCH3 is 1. The molecule has 1 saturated heterocycles. The fraction of sp³-hybridized carbons (Fsp3) is 0.333. The van der Waals surface area contributed by atoms with E-state index >= 15 is 0 Å². The number of rotatable bonds is 3. The van der Waals surface area contributed by atoms with Gasteiger partial charge in [0.25, 0.3) is 0 Å². The lowest BCUT2D eigenvalue weighted by Crippen LogP contribution is -2.37. The molecule has 7 nitrogen and oxygen atoms in total. The number of esters is 1. The number of piperidine rings is 1. The highest BCUT2D eigenvalue weighted by molar-refractivity contribution is 6.42. The quantitative estimate of drug-likeness (QED) is 0.620. The summed E-state index contributed by atoms with van der Waals surface area (Å²) in [6.07, 6.45) is 1.49. The van der Waals surface area contributed by atoms with Gasteiger partial charge in [0, 0.05) is 18.7 Å². The van der Waals surface area contributed by atoms with Crippen LogP contribution in [0.15, 0.2) is 30.3 Å². The highest BCUT2D eigenvalue weighted by Gasteiger charge is 2.26. The van der Waals surface area contributed by atoms with Crippen molar-refractivity contribution in [2.45, 2.75) is 12.8 Å². The number of carbonyl (C=O) groups is 1. The molecule has 0 radical (unpaired) electrons. The van der Waals surface area contributed by atoms with Crippen molar-refractivity contribution >= 4 is 40.6 Å². The molecule has 3 aromatic rings. The number of hydrogen-bond donors (Lipinski definition) is 0. The van der Waals surface area contributed by atoms with Crippen molar-refractivity contribution in [3.63, 3.8) is 0 Å². The van der Waals surface area contributed by atoms with Gasteiger partial charge in [-0.05, 0) is 43.2 Å². The van der Waals surface area contributed by atoms with Gasteiger partial charge in [-0.25, -0.2) is 0 Å². The Kier molecular flexibility index (Phi) is 4.88. The Morgan fingerprint density at radius 2 is 1.89 bits per heavy atom. The number of benzene rings is 1.